The molecule has 4 aliphatic rings. The van der Waals surface area contributed by atoms with Gasteiger partial charge in [-0.2, -0.15) is 0 Å². The van der Waals surface area contributed by atoms with Gasteiger partial charge in [-0.25, -0.2) is 0 Å². The molecule has 0 amide bonds. The van der Waals surface area contributed by atoms with Gasteiger partial charge < -0.3 is 10.2 Å². The zero-order valence-corrected chi connectivity index (χ0v) is 15.5. The van der Waals surface area contributed by atoms with Gasteiger partial charge in [-0.3, -0.25) is 4.79 Å². The van der Waals surface area contributed by atoms with Crippen molar-refractivity contribution < 1.29 is 15.0 Å². The van der Waals surface area contributed by atoms with Crippen LogP contribution in [0, 0.1) is 40.4 Å². The smallest absolute Gasteiger partial charge is 0.139 e. The van der Waals surface area contributed by atoms with E-state index in [1.165, 1.54) is 12.8 Å². The number of aliphatic hydroxyl groups excluding tert-OH is 2. The lowest BCUT2D eigenvalue weighted by atomic mass is 9.44. The summed E-state index contributed by atoms with van der Waals surface area (Å²) in [5, 5.41) is 20.4. The second kappa shape index (κ2) is 5.54. The fourth-order valence-electron chi connectivity index (χ4n) is 7.75. The topological polar surface area (TPSA) is 57.5 Å². The molecule has 0 spiro atoms. The summed E-state index contributed by atoms with van der Waals surface area (Å²) < 4.78 is 0. The summed E-state index contributed by atoms with van der Waals surface area (Å²) in [4.78, 5) is 13.3. The zero-order valence-electron chi connectivity index (χ0n) is 15.5. The van der Waals surface area contributed by atoms with E-state index in [1.54, 1.807) is 0 Å². The number of carbonyl (C=O) groups excluding carboxylic acids is 1. The van der Waals surface area contributed by atoms with Crippen LogP contribution in [0.2, 0.25) is 0 Å². The number of aliphatic hydroxyl groups is 2. The van der Waals surface area contributed by atoms with E-state index in [-0.39, 0.29) is 29.0 Å². The van der Waals surface area contributed by atoms with Crippen molar-refractivity contribution in [1.82, 2.24) is 0 Å². The highest BCUT2D eigenvalue weighted by atomic mass is 16.3. The van der Waals surface area contributed by atoms with Gasteiger partial charge in [-0.05, 0) is 86.9 Å². The molecule has 0 aliphatic heterocycles. The van der Waals surface area contributed by atoms with E-state index < -0.39 is 0 Å². The molecule has 0 aromatic carbocycles. The molecule has 4 aliphatic carbocycles. The summed E-state index contributed by atoms with van der Waals surface area (Å²) in [6.07, 6.45) is 7.68. The first kappa shape index (κ1) is 17.0. The van der Waals surface area contributed by atoms with Crippen molar-refractivity contribution in [2.75, 3.05) is 0 Å². The van der Waals surface area contributed by atoms with Gasteiger partial charge in [0.25, 0.3) is 0 Å². The Balaban J connectivity index is 1.67. The van der Waals surface area contributed by atoms with Gasteiger partial charge in [0.15, 0.2) is 0 Å². The van der Waals surface area contributed by atoms with E-state index in [4.69, 9.17) is 0 Å². The van der Waals surface area contributed by atoms with Crippen LogP contribution in [0.1, 0.15) is 72.1 Å². The predicted octanol–water partition coefficient (Wildman–Crippen LogP) is 3.57. The Labute approximate surface area is 146 Å². The van der Waals surface area contributed by atoms with Crippen molar-refractivity contribution >= 4 is 5.78 Å². The molecule has 3 heteroatoms. The van der Waals surface area contributed by atoms with Gasteiger partial charge in [-0.1, -0.05) is 13.8 Å². The minimum absolute atomic E-state index is 0.129. The number of ketones is 1. The molecule has 2 N–H and O–H groups in total. The largest absolute Gasteiger partial charge is 0.393 e. The highest BCUT2D eigenvalue weighted by Gasteiger charge is 2.63. The number of carbonyl (C=O) groups is 1. The second-order valence-corrected chi connectivity index (χ2v) is 9.92. The van der Waals surface area contributed by atoms with Gasteiger partial charge in [0.1, 0.15) is 5.78 Å². The lowest BCUT2D eigenvalue weighted by Gasteiger charge is -2.60. The van der Waals surface area contributed by atoms with Crippen molar-refractivity contribution in [3.8, 4) is 0 Å². The molecule has 0 aromatic heterocycles. The highest BCUT2D eigenvalue weighted by Crippen LogP contribution is 2.66. The molecule has 5 unspecified atom stereocenters. The maximum atomic E-state index is 13.3. The summed E-state index contributed by atoms with van der Waals surface area (Å²) >= 11 is 0. The summed E-state index contributed by atoms with van der Waals surface area (Å²) in [5.74, 6) is 2.77. The van der Waals surface area contributed by atoms with Crippen LogP contribution >= 0.6 is 0 Å². The Morgan fingerprint density at radius 1 is 1.08 bits per heavy atom. The molecule has 24 heavy (non-hydrogen) atoms. The third-order valence-electron chi connectivity index (χ3n) is 9.15. The molecule has 4 saturated carbocycles. The summed E-state index contributed by atoms with van der Waals surface area (Å²) in [6, 6.07) is 0. The molecule has 3 nitrogen and oxygen atoms in total. The van der Waals surface area contributed by atoms with Gasteiger partial charge in [0.2, 0.25) is 0 Å². The lowest BCUT2D eigenvalue weighted by molar-refractivity contribution is -0.162. The van der Waals surface area contributed by atoms with E-state index in [2.05, 4.69) is 13.8 Å². The average Bonchev–Trinajstić information content (AvgIpc) is 2.88. The van der Waals surface area contributed by atoms with Crippen molar-refractivity contribution in [3.05, 3.63) is 0 Å². The third kappa shape index (κ3) is 2.13. The van der Waals surface area contributed by atoms with Crippen LogP contribution in [-0.4, -0.2) is 28.2 Å². The minimum Gasteiger partial charge on any atom is -0.393 e. The molecule has 0 saturated heterocycles. The summed E-state index contributed by atoms with van der Waals surface area (Å²) in [6.45, 7) is 6.45. The number of rotatable bonds is 1. The number of fused-ring (bicyclic) bond motifs is 5. The van der Waals surface area contributed by atoms with E-state index in [9.17, 15) is 15.0 Å². The molecule has 0 aromatic rings. The molecule has 0 radical (unpaired) electrons. The molecule has 0 bridgehead atoms. The van der Waals surface area contributed by atoms with Crippen LogP contribution in [0.15, 0.2) is 0 Å². The molecular weight excluding hydrogens is 300 g/mol. The molecule has 4 rings (SSSR count). The van der Waals surface area contributed by atoms with Crippen LogP contribution in [0.3, 0.4) is 0 Å². The molecule has 136 valence electrons. The minimum atomic E-state index is -0.378. The van der Waals surface area contributed by atoms with E-state index >= 15 is 0 Å². The monoisotopic (exact) mass is 334 g/mol. The predicted molar refractivity (Wildman–Crippen MR) is 93.3 cm³/mol. The fourth-order valence-corrected chi connectivity index (χ4v) is 7.75. The third-order valence-corrected chi connectivity index (χ3v) is 9.15. The number of hydrogen-bond donors (Lipinski definition) is 2. The van der Waals surface area contributed by atoms with Gasteiger partial charge in [0, 0.05) is 11.8 Å². The fraction of sp³-hybridized carbons (Fsp3) is 0.952. The summed E-state index contributed by atoms with van der Waals surface area (Å²) in [5.41, 5.74) is -0.0607. The van der Waals surface area contributed by atoms with Crippen molar-refractivity contribution in [2.45, 2.75) is 84.3 Å². The van der Waals surface area contributed by atoms with Crippen LogP contribution in [0.5, 0.6) is 0 Å². The van der Waals surface area contributed by atoms with E-state index in [1.807, 2.05) is 6.92 Å². The molecule has 9 atom stereocenters. The second-order valence-electron chi connectivity index (χ2n) is 9.92. The van der Waals surface area contributed by atoms with Crippen molar-refractivity contribution in [2.24, 2.45) is 40.4 Å². The van der Waals surface area contributed by atoms with E-state index in [0.29, 0.717) is 35.9 Å². The Hall–Kier alpha value is -0.410. The first-order chi connectivity index (χ1) is 11.3. The Morgan fingerprint density at radius 2 is 1.83 bits per heavy atom. The molecule has 0 heterocycles. The van der Waals surface area contributed by atoms with E-state index in [0.717, 1.165) is 32.1 Å². The van der Waals surface area contributed by atoms with Crippen LogP contribution in [-0.2, 0) is 4.79 Å². The maximum Gasteiger partial charge on any atom is 0.139 e. The molecule has 4 fully saturated rings. The standard InChI is InChI=1S/C21H34O3/c1-12(22)16-6-7-17-15-5-4-13-10-14(23)8-9-20(13,2)18(15)11-19(24)21(16,17)3/h12-18,22-23H,4-11H2,1-3H3/t12?,13?,14-,15?,16-,17?,18?,20+,21-/m1/s1. The maximum absolute atomic E-state index is 13.3. The van der Waals surface area contributed by atoms with Crippen LogP contribution < -0.4 is 0 Å². The van der Waals surface area contributed by atoms with Crippen molar-refractivity contribution in [3.63, 3.8) is 0 Å². The van der Waals surface area contributed by atoms with Gasteiger partial charge in [-0.15, -0.1) is 0 Å². The van der Waals surface area contributed by atoms with Gasteiger partial charge in [0.05, 0.1) is 12.2 Å². The zero-order chi connectivity index (χ0) is 17.3. The van der Waals surface area contributed by atoms with Crippen LogP contribution in [0.25, 0.3) is 0 Å². The van der Waals surface area contributed by atoms with Crippen molar-refractivity contribution in [1.29, 1.82) is 0 Å². The molecular formula is C21H34O3. The normalized spacial score (nSPS) is 55.5. The highest BCUT2D eigenvalue weighted by molar-refractivity contribution is 5.87. The Kier molecular flexibility index (Phi) is 3.93. The SMILES string of the molecule is CC(O)[C@H]1CCC2C3CCC4C[C@H](O)CC[C@]4(C)C3CC(=O)[C@@]21C. The Morgan fingerprint density at radius 3 is 2.54 bits per heavy atom. The number of Topliss-reactive ketones (excluding diaryl/α,β-unsaturated/α-hetero) is 1. The first-order valence-corrected chi connectivity index (χ1v) is 10.2. The first-order valence-electron chi connectivity index (χ1n) is 10.2. The quantitative estimate of drug-likeness (QED) is 0.771. The summed E-state index contributed by atoms with van der Waals surface area (Å²) in [7, 11) is 0. The Bertz CT molecular complexity index is 529. The van der Waals surface area contributed by atoms with Gasteiger partial charge >= 0.3 is 0 Å². The lowest BCUT2D eigenvalue weighted by Crippen LogP contribution is -2.57. The average molecular weight is 335 g/mol. The van der Waals surface area contributed by atoms with Crippen LogP contribution in [0.4, 0.5) is 0 Å². The number of hydrogen-bond acceptors (Lipinski definition) is 3.